The Bertz CT molecular complexity index is 1080. The fourth-order valence-electron chi connectivity index (χ4n) is 3.49. The van der Waals surface area contributed by atoms with Crippen LogP contribution in [-0.2, 0) is 0 Å². The van der Waals surface area contributed by atoms with Crippen molar-refractivity contribution < 1.29 is 9.59 Å². The summed E-state index contributed by atoms with van der Waals surface area (Å²) in [5.74, 6) is -0.406. The third-order valence-corrected chi connectivity index (χ3v) is 4.99. The maximum atomic E-state index is 12.9. The standard InChI is InChI=1S/C21H19N5O3/c27-18(14-4-1-7-22-10-14)16-6-3-9-26(13-16)21(29)17-12-24-19(25-20(17)28)15-5-2-8-23-11-15/h1-2,4-5,7-8,10-12,16H,3,6,9,13H2,(H,24,25,28)/t16-/m1/s1. The van der Waals surface area contributed by atoms with E-state index in [-0.39, 0.29) is 23.8 Å². The summed E-state index contributed by atoms with van der Waals surface area (Å²) in [5, 5.41) is 0. The van der Waals surface area contributed by atoms with Crippen molar-refractivity contribution in [2.75, 3.05) is 13.1 Å². The first-order valence-corrected chi connectivity index (χ1v) is 9.36. The molecular weight excluding hydrogens is 370 g/mol. The number of likely N-dealkylation sites (tertiary alicyclic amines) is 1. The van der Waals surface area contributed by atoms with Crippen LogP contribution in [0.1, 0.15) is 33.6 Å². The highest BCUT2D eigenvalue weighted by Crippen LogP contribution is 2.22. The summed E-state index contributed by atoms with van der Waals surface area (Å²) in [6.07, 6.45) is 9.04. The van der Waals surface area contributed by atoms with E-state index in [1.807, 2.05) is 0 Å². The second kappa shape index (κ2) is 8.14. The lowest BCUT2D eigenvalue weighted by Crippen LogP contribution is -2.44. The minimum Gasteiger partial charge on any atom is -0.338 e. The maximum Gasteiger partial charge on any atom is 0.264 e. The van der Waals surface area contributed by atoms with Crippen LogP contribution in [0.3, 0.4) is 0 Å². The second-order valence-electron chi connectivity index (χ2n) is 6.91. The van der Waals surface area contributed by atoms with Crippen LogP contribution < -0.4 is 5.56 Å². The van der Waals surface area contributed by atoms with Crippen molar-refractivity contribution in [3.05, 3.63) is 76.7 Å². The van der Waals surface area contributed by atoms with Gasteiger partial charge in [-0.1, -0.05) is 0 Å². The number of pyridine rings is 2. The molecular formula is C21H19N5O3. The average Bonchev–Trinajstić information content (AvgIpc) is 2.79. The molecule has 1 atom stereocenters. The molecule has 1 aliphatic heterocycles. The lowest BCUT2D eigenvalue weighted by Gasteiger charge is -2.31. The molecule has 0 unspecified atom stereocenters. The summed E-state index contributed by atoms with van der Waals surface area (Å²) in [7, 11) is 0. The van der Waals surface area contributed by atoms with Gasteiger partial charge in [0.25, 0.3) is 11.5 Å². The molecule has 4 rings (SSSR count). The number of ketones is 1. The number of carbonyl (C=O) groups is 2. The van der Waals surface area contributed by atoms with Gasteiger partial charge in [0.15, 0.2) is 5.78 Å². The molecule has 1 amide bonds. The van der Waals surface area contributed by atoms with E-state index in [1.165, 1.54) is 12.4 Å². The molecule has 1 fully saturated rings. The smallest absolute Gasteiger partial charge is 0.264 e. The van der Waals surface area contributed by atoms with E-state index in [2.05, 4.69) is 19.9 Å². The Hall–Kier alpha value is -3.68. The van der Waals surface area contributed by atoms with E-state index in [1.54, 1.807) is 47.8 Å². The molecule has 3 aromatic rings. The predicted octanol–water partition coefficient (Wildman–Crippen LogP) is 1.96. The van der Waals surface area contributed by atoms with Gasteiger partial charge in [-0.25, -0.2) is 4.98 Å². The van der Waals surface area contributed by atoms with Gasteiger partial charge in [0.1, 0.15) is 11.4 Å². The largest absolute Gasteiger partial charge is 0.338 e. The van der Waals surface area contributed by atoms with E-state index in [4.69, 9.17) is 0 Å². The molecule has 8 nitrogen and oxygen atoms in total. The van der Waals surface area contributed by atoms with Crippen molar-refractivity contribution in [1.29, 1.82) is 0 Å². The summed E-state index contributed by atoms with van der Waals surface area (Å²) >= 11 is 0. The second-order valence-corrected chi connectivity index (χ2v) is 6.91. The molecule has 0 bridgehead atoms. The molecule has 29 heavy (non-hydrogen) atoms. The van der Waals surface area contributed by atoms with Gasteiger partial charge in [-0.15, -0.1) is 0 Å². The van der Waals surface area contributed by atoms with E-state index in [0.29, 0.717) is 36.3 Å². The number of Topliss-reactive ketones (excluding diaryl/α,β-unsaturated/α-hetero) is 1. The van der Waals surface area contributed by atoms with Crippen LogP contribution in [0.2, 0.25) is 0 Å². The highest BCUT2D eigenvalue weighted by Gasteiger charge is 2.30. The number of aromatic nitrogens is 4. The molecule has 4 heterocycles. The van der Waals surface area contributed by atoms with Gasteiger partial charge in [-0.05, 0) is 37.1 Å². The van der Waals surface area contributed by atoms with E-state index in [9.17, 15) is 14.4 Å². The summed E-state index contributed by atoms with van der Waals surface area (Å²) in [5.41, 5.74) is 0.646. The summed E-state index contributed by atoms with van der Waals surface area (Å²) in [6, 6.07) is 6.95. The summed E-state index contributed by atoms with van der Waals surface area (Å²) in [6.45, 7) is 0.774. The topological polar surface area (TPSA) is 109 Å². The molecule has 0 spiro atoms. The summed E-state index contributed by atoms with van der Waals surface area (Å²) < 4.78 is 0. The van der Waals surface area contributed by atoms with E-state index < -0.39 is 11.5 Å². The van der Waals surface area contributed by atoms with Crippen LogP contribution in [0.5, 0.6) is 0 Å². The molecule has 1 aliphatic rings. The zero-order chi connectivity index (χ0) is 20.2. The molecule has 1 N–H and O–H groups in total. The SMILES string of the molecule is O=C(c1cccnc1)[C@@H]1CCCN(C(=O)c2cnc(-c3cccnc3)[nH]c2=O)C1. The Morgan fingerprint density at radius 2 is 1.86 bits per heavy atom. The first-order chi connectivity index (χ1) is 14.1. The fraction of sp³-hybridized carbons (Fsp3) is 0.238. The Kier molecular flexibility index (Phi) is 5.24. The zero-order valence-corrected chi connectivity index (χ0v) is 15.6. The van der Waals surface area contributed by atoms with Gasteiger partial charge < -0.3 is 9.88 Å². The third kappa shape index (κ3) is 3.96. The Morgan fingerprint density at radius 3 is 2.55 bits per heavy atom. The quantitative estimate of drug-likeness (QED) is 0.683. The van der Waals surface area contributed by atoms with Gasteiger partial charge in [-0.2, -0.15) is 0 Å². The molecule has 3 aromatic heterocycles. The van der Waals surface area contributed by atoms with Crippen molar-refractivity contribution in [3.8, 4) is 11.4 Å². The average molecular weight is 389 g/mol. The van der Waals surface area contributed by atoms with Crippen molar-refractivity contribution in [2.45, 2.75) is 12.8 Å². The minimum absolute atomic E-state index is 0.0328. The zero-order valence-electron chi connectivity index (χ0n) is 15.6. The predicted molar refractivity (Wildman–Crippen MR) is 105 cm³/mol. The Morgan fingerprint density at radius 1 is 1.07 bits per heavy atom. The molecule has 1 saturated heterocycles. The van der Waals surface area contributed by atoms with Crippen LogP contribution in [0, 0.1) is 5.92 Å². The number of carbonyl (C=O) groups excluding carboxylic acids is 2. The molecule has 0 radical (unpaired) electrons. The number of hydrogen-bond donors (Lipinski definition) is 1. The highest BCUT2D eigenvalue weighted by atomic mass is 16.2. The van der Waals surface area contributed by atoms with Crippen molar-refractivity contribution in [3.63, 3.8) is 0 Å². The number of amides is 1. The molecule has 146 valence electrons. The van der Waals surface area contributed by atoms with Crippen LogP contribution >= 0.6 is 0 Å². The van der Waals surface area contributed by atoms with Crippen molar-refractivity contribution >= 4 is 11.7 Å². The van der Waals surface area contributed by atoms with E-state index >= 15 is 0 Å². The van der Waals surface area contributed by atoms with Gasteiger partial charge in [0.05, 0.1) is 0 Å². The normalized spacial score (nSPS) is 16.4. The van der Waals surface area contributed by atoms with Crippen molar-refractivity contribution in [2.24, 2.45) is 5.92 Å². The van der Waals surface area contributed by atoms with Crippen molar-refractivity contribution in [1.82, 2.24) is 24.8 Å². The Labute approximate surface area is 166 Å². The van der Waals surface area contributed by atoms with Gasteiger partial charge in [0.2, 0.25) is 0 Å². The number of aromatic amines is 1. The highest BCUT2D eigenvalue weighted by molar-refractivity contribution is 5.99. The Balaban J connectivity index is 1.52. The van der Waals surface area contributed by atoms with Crippen LogP contribution in [-0.4, -0.2) is 49.6 Å². The number of H-pyrrole nitrogens is 1. The molecule has 0 aromatic carbocycles. The monoisotopic (exact) mass is 389 g/mol. The van der Waals surface area contributed by atoms with Gasteiger partial charge >= 0.3 is 0 Å². The minimum atomic E-state index is -0.510. The lowest BCUT2D eigenvalue weighted by molar-refractivity contribution is 0.0635. The van der Waals surface area contributed by atoms with Crippen LogP contribution in [0.15, 0.2) is 60.0 Å². The van der Waals surface area contributed by atoms with E-state index in [0.717, 1.165) is 0 Å². The fourth-order valence-corrected chi connectivity index (χ4v) is 3.49. The maximum absolute atomic E-state index is 12.9. The first kappa shape index (κ1) is 18.7. The number of nitrogens with one attached hydrogen (secondary N) is 1. The summed E-state index contributed by atoms with van der Waals surface area (Å²) in [4.78, 5) is 54.5. The van der Waals surface area contributed by atoms with Crippen LogP contribution in [0.4, 0.5) is 0 Å². The van der Waals surface area contributed by atoms with Gasteiger partial charge in [-0.3, -0.25) is 24.4 Å². The lowest BCUT2D eigenvalue weighted by atomic mass is 9.90. The number of rotatable bonds is 4. The van der Waals surface area contributed by atoms with Crippen LogP contribution in [0.25, 0.3) is 11.4 Å². The molecule has 0 aliphatic carbocycles. The molecule has 0 saturated carbocycles. The first-order valence-electron chi connectivity index (χ1n) is 9.36. The number of hydrogen-bond acceptors (Lipinski definition) is 6. The van der Waals surface area contributed by atoms with Gasteiger partial charge in [0, 0.05) is 61.1 Å². The third-order valence-electron chi connectivity index (χ3n) is 4.99. The molecule has 8 heteroatoms. The number of nitrogens with zero attached hydrogens (tertiary/aromatic N) is 4. The number of piperidine rings is 1.